The SMILES string of the molecule is COc1c(Br)c2c(c(OC)c1C(=O)NC1CC3CC(O)C(C1)N3Cc1ccccc1)OC(=O)/C=C/C(=O)O2. The molecular weight excluding hydrogens is 560 g/mol. The molecule has 2 fully saturated rings. The fourth-order valence-corrected chi connectivity index (χ4v) is 6.15. The highest BCUT2D eigenvalue weighted by molar-refractivity contribution is 9.10. The Morgan fingerprint density at radius 3 is 2.32 bits per heavy atom. The summed E-state index contributed by atoms with van der Waals surface area (Å²) in [7, 11) is 2.67. The van der Waals surface area contributed by atoms with Gasteiger partial charge in [0.15, 0.2) is 17.2 Å². The molecule has 0 radical (unpaired) electrons. The molecule has 4 unspecified atom stereocenters. The smallest absolute Gasteiger partial charge is 0.336 e. The molecule has 38 heavy (non-hydrogen) atoms. The first kappa shape index (κ1) is 26.2. The average molecular weight is 587 g/mol. The van der Waals surface area contributed by atoms with Gasteiger partial charge in [-0.05, 0) is 40.8 Å². The molecule has 11 heteroatoms. The number of rotatable bonds is 6. The number of carbonyl (C=O) groups is 3. The number of aliphatic hydroxyl groups is 1. The van der Waals surface area contributed by atoms with Crippen LogP contribution in [0.3, 0.4) is 0 Å². The molecule has 3 aliphatic rings. The predicted octanol–water partition coefficient (Wildman–Crippen LogP) is 2.74. The second kappa shape index (κ2) is 10.8. The lowest BCUT2D eigenvalue weighted by molar-refractivity contribution is -0.133. The lowest BCUT2D eigenvalue weighted by Gasteiger charge is -2.39. The van der Waals surface area contributed by atoms with Gasteiger partial charge in [0.1, 0.15) is 10.0 Å². The molecule has 4 atom stereocenters. The van der Waals surface area contributed by atoms with Gasteiger partial charge in [0.25, 0.3) is 5.91 Å². The van der Waals surface area contributed by atoms with Crippen molar-refractivity contribution in [3.8, 4) is 23.0 Å². The van der Waals surface area contributed by atoms with Crippen LogP contribution in [0.4, 0.5) is 0 Å². The van der Waals surface area contributed by atoms with Crippen LogP contribution < -0.4 is 24.3 Å². The monoisotopic (exact) mass is 586 g/mol. The summed E-state index contributed by atoms with van der Waals surface area (Å²) in [6, 6.07) is 9.88. The number of hydrogen-bond donors (Lipinski definition) is 2. The van der Waals surface area contributed by atoms with Crippen LogP contribution >= 0.6 is 15.9 Å². The molecule has 0 saturated carbocycles. The van der Waals surface area contributed by atoms with Gasteiger partial charge in [0.05, 0.1) is 20.3 Å². The second-order valence-corrected chi connectivity index (χ2v) is 10.2. The number of fused-ring (bicyclic) bond motifs is 3. The minimum absolute atomic E-state index is 0.0198. The number of nitrogens with one attached hydrogen (secondary N) is 1. The van der Waals surface area contributed by atoms with Gasteiger partial charge in [0, 0.05) is 36.8 Å². The zero-order valence-electron chi connectivity index (χ0n) is 20.8. The van der Waals surface area contributed by atoms with Gasteiger partial charge < -0.3 is 29.4 Å². The first-order valence-electron chi connectivity index (χ1n) is 12.2. The molecule has 0 aliphatic carbocycles. The largest absolute Gasteiger partial charge is 0.494 e. The summed E-state index contributed by atoms with van der Waals surface area (Å²) in [5, 5.41) is 13.8. The van der Waals surface area contributed by atoms with E-state index in [-0.39, 0.29) is 51.2 Å². The third-order valence-electron chi connectivity index (χ3n) is 7.14. The van der Waals surface area contributed by atoms with E-state index in [1.165, 1.54) is 19.8 Å². The molecule has 3 aliphatic heterocycles. The quantitative estimate of drug-likeness (QED) is 0.388. The molecule has 10 nitrogen and oxygen atoms in total. The van der Waals surface area contributed by atoms with Gasteiger partial charge in [-0.1, -0.05) is 30.3 Å². The number of nitrogens with zero attached hydrogens (tertiary/aromatic N) is 1. The molecule has 2 N–H and O–H groups in total. The molecule has 2 bridgehead atoms. The fraction of sp³-hybridized carbons (Fsp3) is 0.370. The summed E-state index contributed by atoms with van der Waals surface area (Å²) < 4.78 is 21.8. The Balaban J connectivity index is 1.42. The number of aliphatic hydroxyl groups excluding tert-OH is 1. The summed E-state index contributed by atoms with van der Waals surface area (Å²) in [4.78, 5) is 40.3. The van der Waals surface area contributed by atoms with Crippen LogP contribution in [0.1, 0.15) is 35.2 Å². The fourth-order valence-electron chi connectivity index (χ4n) is 5.53. The van der Waals surface area contributed by atoms with E-state index >= 15 is 0 Å². The highest BCUT2D eigenvalue weighted by Crippen LogP contribution is 2.52. The van der Waals surface area contributed by atoms with Crippen molar-refractivity contribution >= 4 is 33.8 Å². The highest BCUT2D eigenvalue weighted by Gasteiger charge is 2.46. The number of benzene rings is 2. The topological polar surface area (TPSA) is 124 Å². The second-order valence-electron chi connectivity index (χ2n) is 9.41. The number of hydrogen-bond acceptors (Lipinski definition) is 9. The Hall–Kier alpha value is -3.41. The van der Waals surface area contributed by atoms with E-state index in [1.807, 2.05) is 18.2 Å². The Morgan fingerprint density at radius 1 is 1.03 bits per heavy atom. The van der Waals surface area contributed by atoms with E-state index < -0.39 is 23.9 Å². The standard InChI is InChI=1S/C27H27BrN2O8/c1-35-23-21(24(36-2)26-25(22(23)28)37-19(32)8-9-20(33)38-26)27(34)29-15-10-16-12-18(31)17(11-15)30(16)13-14-6-4-3-5-7-14/h3-9,15-18,31H,10-13H2,1-2H3,(H,29,34)/b9-8+. The number of halogens is 1. The molecule has 3 heterocycles. The predicted molar refractivity (Wildman–Crippen MR) is 138 cm³/mol. The van der Waals surface area contributed by atoms with E-state index in [2.05, 4.69) is 38.3 Å². The Morgan fingerprint density at radius 2 is 1.68 bits per heavy atom. The summed E-state index contributed by atoms with van der Waals surface area (Å²) in [5.74, 6) is -2.58. The molecule has 2 saturated heterocycles. The van der Waals surface area contributed by atoms with Gasteiger partial charge in [-0.25, -0.2) is 9.59 Å². The van der Waals surface area contributed by atoms with Crippen molar-refractivity contribution < 1.29 is 38.4 Å². The molecule has 200 valence electrons. The minimum Gasteiger partial charge on any atom is -0.494 e. The average Bonchev–Trinajstić information content (AvgIpc) is 3.06. The number of esters is 2. The van der Waals surface area contributed by atoms with Crippen molar-refractivity contribution in [3.05, 3.63) is 58.1 Å². The van der Waals surface area contributed by atoms with Crippen LogP contribution in [0.15, 0.2) is 47.0 Å². The van der Waals surface area contributed by atoms with Crippen LogP contribution in [-0.2, 0) is 16.1 Å². The summed E-state index contributed by atoms with van der Waals surface area (Å²) >= 11 is 3.33. The van der Waals surface area contributed by atoms with Gasteiger partial charge in [-0.15, -0.1) is 0 Å². The zero-order valence-corrected chi connectivity index (χ0v) is 22.4. The molecule has 5 rings (SSSR count). The van der Waals surface area contributed by atoms with E-state index in [4.69, 9.17) is 18.9 Å². The van der Waals surface area contributed by atoms with Crippen molar-refractivity contribution in [3.63, 3.8) is 0 Å². The van der Waals surface area contributed by atoms with Crippen molar-refractivity contribution in [1.82, 2.24) is 10.2 Å². The number of piperidine rings is 1. The summed E-state index contributed by atoms with van der Waals surface area (Å²) in [6.45, 7) is 0.728. The molecule has 0 spiro atoms. The van der Waals surface area contributed by atoms with Gasteiger partial charge in [-0.2, -0.15) is 0 Å². The molecular formula is C27H27BrN2O8. The maximum absolute atomic E-state index is 13.7. The first-order chi connectivity index (χ1) is 18.3. The van der Waals surface area contributed by atoms with Crippen molar-refractivity contribution in [2.75, 3.05) is 14.2 Å². The Labute approximate surface area is 227 Å². The van der Waals surface area contributed by atoms with Crippen LogP contribution in [0, 0.1) is 0 Å². The van der Waals surface area contributed by atoms with Crippen LogP contribution in [0.25, 0.3) is 0 Å². The lowest BCUT2D eigenvalue weighted by atomic mass is 9.95. The number of amides is 1. The molecule has 1 amide bonds. The van der Waals surface area contributed by atoms with Crippen LogP contribution in [0.5, 0.6) is 23.0 Å². The molecule has 0 aromatic heterocycles. The van der Waals surface area contributed by atoms with E-state index in [0.29, 0.717) is 19.3 Å². The number of methoxy groups -OCH3 is 2. The third-order valence-corrected chi connectivity index (χ3v) is 7.86. The van der Waals surface area contributed by atoms with E-state index in [0.717, 1.165) is 18.7 Å². The lowest BCUT2D eigenvalue weighted by Crippen LogP contribution is -2.51. The van der Waals surface area contributed by atoms with Crippen molar-refractivity contribution in [2.45, 2.75) is 50.0 Å². The van der Waals surface area contributed by atoms with E-state index in [9.17, 15) is 19.5 Å². The van der Waals surface area contributed by atoms with Gasteiger partial charge in [-0.3, -0.25) is 9.69 Å². The maximum atomic E-state index is 13.7. The Bertz CT molecular complexity index is 1300. The molecule has 2 aromatic rings. The normalized spacial score (nSPS) is 25.4. The third kappa shape index (κ3) is 4.89. The minimum atomic E-state index is -0.832. The van der Waals surface area contributed by atoms with Crippen molar-refractivity contribution in [1.29, 1.82) is 0 Å². The number of carbonyl (C=O) groups excluding carboxylic acids is 3. The van der Waals surface area contributed by atoms with Gasteiger partial charge in [0.2, 0.25) is 5.75 Å². The van der Waals surface area contributed by atoms with Gasteiger partial charge >= 0.3 is 11.9 Å². The number of ether oxygens (including phenoxy) is 4. The first-order valence-corrected chi connectivity index (χ1v) is 13.0. The van der Waals surface area contributed by atoms with Crippen molar-refractivity contribution in [2.24, 2.45) is 0 Å². The summed E-state index contributed by atoms with van der Waals surface area (Å²) in [6.07, 6.45) is 3.22. The molecule has 2 aromatic carbocycles. The van der Waals surface area contributed by atoms with Crippen LogP contribution in [-0.4, -0.2) is 66.3 Å². The Kier molecular flexibility index (Phi) is 7.42. The zero-order chi connectivity index (χ0) is 27.0. The highest BCUT2D eigenvalue weighted by atomic mass is 79.9. The summed E-state index contributed by atoms with van der Waals surface area (Å²) in [5.41, 5.74) is 1.15. The van der Waals surface area contributed by atoms with Crippen LogP contribution in [0.2, 0.25) is 0 Å². The maximum Gasteiger partial charge on any atom is 0.336 e. The van der Waals surface area contributed by atoms with E-state index in [1.54, 1.807) is 0 Å².